The molecule has 0 fully saturated rings. The van der Waals surface area contributed by atoms with Gasteiger partial charge in [0.15, 0.2) is 0 Å². The Labute approximate surface area is 128 Å². The first kappa shape index (κ1) is 13.6. The van der Waals surface area contributed by atoms with E-state index < -0.39 is 0 Å². The molecule has 0 saturated carbocycles. The fourth-order valence-electron chi connectivity index (χ4n) is 2.08. The van der Waals surface area contributed by atoms with Crippen molar-refractivity contribution in [1.29, 1.82) is 0 Å². The van der Waals surface area contributed by atoms with Crippen LogP contribution in [-0.2, 0) is 0 Å². The van der Waals surface area contributed by atoms with Crippen LogP contribution < -0.4 is 5.32 Å². The van der Waals surface area contributed by atoms with Gasteiger partial charge in [0.1, 0.15) is 0 Å². The predicted molar refractivity (Wildman–Crippen MR) is 84.8 cm³/mol. The van der Waals surface area contributed by atoms with Gasteiger partial charge in [-0.2, -0.15) is 5.10 Å². The summed E-state index contributed by atoms with van der Waals surface area (Å²) in [5.41, 5.74) is 2.94. The molecule has 0 amide bonds. The van der Waals surface area contributed by atoms with Crippen LogP contribution in [0.4, 0.5) is 5.69 Å². The molecule has 21 heavy (non-hydrogen) atoms. The van der Waals surface area contributed by atoms with E-state index in [0.717, 1.165) is 16.9 Å². The van der Waals surface area contributed by atoms with Crippen molar-refractivity contribution in [1.82, 2.24) is 14.8 Å². The van der Waals surface area contributed by atoms with Crippen LogP contribution in [-0.4, -0.2) is 14.8 Å². The highest BCUT2D eigenvalue weighted by Gasteiger charge is 2.10. The van der Waals surface area contributed by atoms with Gasteiger partial charge in [0.2, 0.25) is 0 Å². The summed E-state index contributed by atoms with van der Waals surface area (Å²) in [6.07, 6.45) is 7.26. The lowest BCUT2D eigenvalue weighted by Crippen LogP contribution is -2.06. The summed E-state index contributed by atoms with van der Waals surface area (Å²) in [6, 6.07) is 11.9. The summed E-state index contributed by atoms with van der Waals surface area (Å²) in [4.78, 5) is 4.08. The first-order valence-electron chi connectivity index (χ1n) is 6.70. The summed E-state index contributed by atoms with van der Waals surface area (Å²) in [5, 5.41) is 8.40. The lowest BCUT2D eigenvalue weighted by atomic mass is 10.2. The molecule has 2 heterocycles. The van der Waals surface area contributed by atoms with Crippen LogP contribution in [0.3, 0.4) is 0 Å². The minimum absolute atomic E-state index is 0.0872. The second kappa shape index (κ2) is 5.97. The molecule has 0 aliphatic carbocycles. The molecule has 0 radical (unpaired) electrons. The van der Waals surface area contributed by atoms with E-state index in [9.17, 15) is 0 Å². The molecule has 1 aromatic carbocycles. The number of nitrogens with one attached hydrogen (secondary N) is 1. The minimum atomic E-state index is 0.0872. The van der Waals surface area contributed by atoms with Crippen LogP contribution in [0, 0.1) is 0 Å². The standard InChI is InChI=1S/C16H15ClN4/c1-12(20-16-10-18-8-7-15(16)17)13-9-19-21(11-13)14-5-3-2-4-6-14/h2-12,20H,1H3. The van der Waals surface area contributed by atoms with Crippen LogP contribution in [0.25, 0.3) is 5.69 Å². The van der Waals surface area contributed by atoms with Gasteiger partial charge in [-0.1, -0.05) is 29.8 Å². The quantitative estimate of drug-likeness (QED) is 0.789. The molecule has 1 N–H and O–H groups in total. The monoisotopic (exact) mass is 298 g/mol. The van der Waals surface area contributed by atoms with Crippen molar-refractivity contribution in [2.45, 2.75) is 13.0 Å². The molecule has 106 valence electrons. The van der Waals surface area contributed by atoms with Crippen molar-refractivity contribution < 1.29 is 0 Å². The zero-order valence-corrected chi connectivity index (χ0v) is 12.3. The summed E-state index contributed by atoms with van der Waals surface area (Å²) >= 11 is 6.13. The Balaban J connectivity index is 1.79. The smallest absolute Gasteiger partial charge is 0.0720 e. The molecular weight excluding hydrogens is 284 g/mol. The number of hydrogen-bond donors (Lipinski definition) is 1. The number of rotatable bonds is 4. The topological polar surface area (TPSA) is 42.7 Å². The van der Waals surface area contributed by atoms with Gasteiger partial charge in [-0.3, -0.25) is 4.98 Å². The Kier molecular flexibility index (Phi) is 3.88. The number of nitrogens with zero attached hydrogens (tertiary/aromatic N) is 3. The fraction of sp³-hybridized carbons (Fsp3) is 0.125. The number of anilines is 1. The summed E-state index contributed by atoms with van der Waals surface area (Å²) in [7, 11) is 0. The lowest BCUT2D eigenvalue weighted by molar-refractivity contribution is 0.868. The van der Waals surface area contributed by atoms with Crippen molar-refractivity contribution >= 4 is 17.3 Å². The third-order valence-electron chi connectivity index (χ3n) is 3.26. The molecule has 0 aliphatic rings. The molecule has 5 heteroatoms. The van der Waals surface area contributed by atoms with E-state index in [-0.39, 0.29) is 6.04 Å². The van der Waals surface area contributed by atoms with E-state index in [0.29, 0.717) is 5.02 Å². The van der Waals surface area contributed by atoms with Gasteiger partial charge >= 0.3 is 0 Å². The van der Waals surface area contributed by atoms with E-state index in [1.54, 1.807) is 18.5 Å². The molecule has 0 saturated heterocycles. The van der Waals surface area contributed by atoms with Crippen LogP contribution >= 0.6 is 11.6 Å². The van der Waals surface area contributed by atoms with Crippen LogP contribution in [0.1, 0.15) is 18.5 Å². The Morgan fingerprint density at radius 1 is 1.14 bits per heavy atom. The number of para-hydroxylation sites is 1. The van der Waals surface area contributed by atoms with Crippen LogP contribution in [0.15, 0.2) is 61.2 Å². The van der Waals surface area contributed by atoms with Gasteiger partial charge in [-0.25, -0.2) is 4.68 Å². The van der Waals surface area contributed by atoms with E-state index in [4.69, 9.17) is 11.6 Å². The van der Waals surface area contributed by atoms with Crippen LogP contribution in [0.5, 0.6) is 0 Å². The molecule has 0 spiro atoms. The molecular formula is C16H15ClN4. The first-order valence-corrected chi connectivity index (χ1v) is 7.08. The predicted octanol–water partition coefficient (Wildman–Crippen LogP) is 4.09. The van der Waals surface area contributed by atoms with Crippen LogP contribution in [0.2, 0.25) is 5.02 Å². The SMILES string of the molecule is CC(Nc1cnccc1Cl)c1cnn(-c2ccccc2)c1. The first-order chi connectivity index (χ1) is 10.2. The number of aromatic nitrogens is 3. The van der Waals surface area contributed by atoms with E-state index in [1.807, 2.05) is 47.4 Å². The van der Waals surface area contributed by atoms with E-state index in [1.165, 1.54) is 0 Å². The third kappa shape index (κ3) is 3.06. The maximum Gasteiger partial charge on any atom is 0.0720 e. The molecule has 1 unspecified atom stereocenters. The number of hydrogen-bond acceptors (Lipinski definition) is 3. The van der Waals surface area contributed by atoms with Crippen molar-refractivity contribution in [3.8, 4) is 5.69 Å². The van der Waals surface area contributed by atoms with Crippen molar-refractivity contribution in [2.75, 3.05) is 5.32 Å². The van der Waals surface area contributed by atoms with Gasteiger partial charge in [-0.15, -0.1) is 0 Å². The van der Waals surface area contributed by atoms with E-state index >= 15 is 0 Å². The van der Waals surface area contributed by atoms with Crippen molar-refractivity contribution in [3.05, 3.63) is 71.8 Å². The van der Waals surface area contributed by atoms with Gasteiger partial charge in [0, 0.05) is 18.0 Å². The maximum absolute atomic E-state index is 6.13. The average Bonchev–Trinajstić information content (AvgIpc) is 3.00. The molecule has 1 atom stereocenters. The fourth-order valence-corrected chi connectivity index (χ4v) is 2.24. The Morgan fingerprint density at radius 2 is 1.95 bits per heavy atom. The zero-order valence-electron chi connectivity index (χ0n) is 11.6. The van der Waals surface area contributed by atoms with Crippen molar-refractivity contribution in [3.63, 3.8) is 0 Å². The molecule has 0 bridgehead atoms. The average molecular weight is 299 g/mol. The highest BCUT2D eigenvalue weighted by Crippen LogP contribution is 2.25. The summed E-state index contributed by atoms with van der Waals surface area (Å²) < 4.78 is 1.86. The minimum Gasteiger partial charge on any atom is -0.376 e. The van der Waals surface area contributed by atoms with Gasteiger partial charge in [0.25, 0.3) is 0 Å². The molecule has 3 rings (SSSR count). The molecule has 4 nitrogen and oxygen atoms in total. The van der Waals surface area contributed by atoms with Gasteiger partial charge in [0.05, 0.1) is 34.8 Å². The number of pyridine rings is 1. The third-order valence-corrected chi connectivity index (χ3v) is 3.59. The Hall–Kier alpha value is -2.33. The molecule has 0 aliphatic heterocycles. The largest absolute Gasteiger partial charge is 0.376 e. The van der Waals surface area contributed by atoms with Gasteiger partial charge < -0.3 is 5.32 Å². The normalized spacial score (nSPS) is 12.1. The summed E-state index contributed by atoms with van der Waals surface area (Å²) in [5.74, 6) is 0. The van der Waals surface area contributed by atoms with Gasteiger partial charge in [-0.05, 0) is 25.1 Å². The highest BCUT2D eigenvalue weighted by molar-refractivity contribution is 6.33. The number of halogens is 1. The van der Waals surface area contributed by atoms with Crippen molar-refractivity contribution in [2.24, 2.45) is 0 Å². The highest BCUT2D eigenvalue weighted by atomic mass is 35.5. The second-order valence-electron chi connectivity index (χ2n) is 4.78. The summed E-state index contributed by atoms with van der Waals surface area (Å²) in [6.45, 7) is 2.07. The second-order valence-corrected chi connectivity index (χ2v) is 5.18. The van der Waals surface area contributed by atoms with E-state index in [2.05, 4.69) is 22.3 Å². The maximum atomic E-state index is 6.13. The lowest BCUT2D eigenvalue weighted by Gasteiger charge is -2.14. The number of benzene rings is 1. The Bertz CT molecular complexity index is 724. The Morgan fingerprint density at radius 3 is 2.71 bits per heavy atom. The molecule has 3 aromatic rings. The molecule has 2 aromatic heterocycles. The zero-order chi connectivity index (χ0) is 14.7.